The third kappa shape index (κ3) is 5.44. The van der Waals surface area contributed by atoms with Gasteiger partial charge in [-0.3, -0.25) is 19.6 Å². The topological polar surface area (TPSA) is 149 Å². The van der Waals surface area contributed by atoms with Crippen molar-refractivity contribution >= 4 is 38.7 Å². The fraction of sp³-hybridized carbons (Fsp3) is 0.174. The molecule has 3 aromatic carbocycles. The van der Waals surface area contributed by atoms with Crippen molar-refractivity contribution in [1.82, 2.24) is 0 Å². The first-order chi connectivity index (χ1) is 16.8. The molecule has 1 aliphatic rings. The predicted molar refractivity (Wildman–Crippen MR) is 130 cm³/mol. The van der Waals surface area contributed by atoms with Gasteiger partial charge in [0.05, 0.1) is 28.6 Å². The minimum absolute atomic E-state index is 0.0180. The molecular weight excluding hydrogens is 476 g/mol. The van der Waals surface area contributed by atoms with Crippen molar-refractivity contribution < 1.29 is 27.6 Å². The maximum absolute atomic E-state index is 12.8. The van der Waals surface area contributed by atoms with Gasteiger partial charge in [-0.2, -0.15) is 0 Å². The van der Waals surface area contributed by atoms with Crippen molar-refractivity contribution in [2.75, 3.05) is 35.6 Å². The van der Waals surface area contributed by atoms with E-state index in [0.29, 0.717) is 42.5 Å². The van der Waals surface area contributed by atoms with Crippen LogP contribution < -0.4 is 24.8 Å². The van der Waals surface area contributed by atoms with E-state index < -0.39 is 20.9 Å². The van der Waals surface area contributed by atoms with Crippen LogP contribution in [0.5, 0.6) is 11.5 Å². The summed E-state index contributed by atoms with van der Waals surface area (Å²) in [4.78, 5) is 23.2. The molecule has 35 heavy (non-hydrogen) atoms. The number of fused-ring (bicyclic) bond motifs is 1. The molecule has 0 saturated heterocycles. The van der Waals surface area contributed by atoms with Gasteiger partial charge in [-0.25, -0.2) is 8.42 Å². The second kappa shape index (κ2) is 9.89. The number of rotatable bonds is 7. The second-order valence-electron chi connectivity index (χ2n) is 7.53. The highest BCUT2D eigenvalue weighted by atomic mass is 32.2. The van der Waals surface area contributed by atoms with Crippen molar-refractivity contribution in [3.05, 3.63) is 76.3 Å². The summed E-state index contributed by atoms with van der Waals surface area (Å²) in [6, 6.07) is 14.3. The number of ether oxygens (including phenoxy) is 2. The largest absolute Gasteiger partial charge is 0.490 e. The summed E-state index contributed by atoms with van der Waals surface area (Å²) in [6.45, 7) is 0.931. The summed E-state index contributed by atoms with van der Waals surface area (Å²) < 4.78 is 39.3. The molecule has 0 saturated carbocycles. The predicted octanol–water partition coefficient (Wildman–Crippen LogP) is 3.85. The molecule has 3 aromatic rings. The van der Waals surface area contributed by atoms with E-state index in [1.165, 1.54) is 54.6 Å². The average Bonchev–Trinajstić information content (AvgIpc) is 3.09. The molecule has 0 radical (unpaired) electrons. The fourth-order valence-electron chi connectivity index (χ4n) is 3.40. The Morgan fingerprint density at radius 3 is 2.31 bits per heavy atom. The number of nitrogens with one attached hydrogen (secondary N) is 3. The number of carbonyl (C=O) groups is 1. The summed E-state index contributed by atoms with van der Waals surface area (Å²) in [5.74, 6) is 0.302. The number of hydrogen-bond acceptors (Lipinski definition) is 8. The summed E-state index contributed by atoms with van der Waals surface area (Å²) in [5, 5.41) is 16.5. The van der Waals surface area contributed by atoms with Crippen LogP contribution in [0.1, 0.15) is 16.8 Å². The average molecular weight is 499 g/mol. The van der Waals surface area contributed by atoms with E-state index in [1.54, 1.807) is 13.1 Å². The van der Waals surface area contributed by atoms with Crippen molar-refractivity contribution in [3.8, 4) is 11.5 Å². The van der Waals surface area contributed by atoms with Gasteiger partial charge in [0.1, 0.15) is 0 Å². The molecule has 0 fully saturated rings. The van der Waals surface area contributed by atoms with E-state index in [4.69, 9.17) is 9.47 Å². The number of nitrogens with zero attached hydrogens (tertiary/aromatic N) is 1. The number of non-ortho nitro benzene ring substituents is 1. The van der Waals surface area contributed by atoms with Crippen LogP contribution in [0.15, 0.2) is 65.6 Å². The molecule has 1 aliphatic heterocycles. The van der Waals surface area contributed by atoms with Crippen LogP contribution in [0, 0.1) is 10.1 Å². The first-order valence-electron chi connectivity index (χ1n) is 10.6. The van der Waals surface area contributed by atoms with E-state index in [1.807, 2.05) is 0 Å². The third-order valence-electron chi connectivity index (χ3n) is 5.15. The van der Waals surface area contributed by atoms with Crippen molar-refractivity contribution in [3.63, 3.8) is 0 Å². The summed E-state index contributed by atoms with van der Waals surface area (Å²) >= 11 is 0. The van der Waals surface area contributed by atoms with Crippen molar-refractivity contribution in [2.24, 2.45) is 0 Å². The Balaban J connectivity index is 1.48. The molecule has 0 spiro atoms. The minimum atomic E-state index is -3.90. The molecule has 1 amide bonds. The van der Waals surface area contributed by atoms with Gasteiger partial charge in [-0.15, -0.1) is 0 Å². The summed E-state index contributed by atoms with van der Waals surface area (Å²) in [7, 11) is -2.31. The molecule has 1 heterocycles. The lowest BCUT2D eigenvalue weighted by atomic mass is 10.1. The summed E-state index contributed by atoms with van der Waals surface area (Å²) in [6.07, 6.45) is 0.704. The number of nitro benzene ring substituents is 1. The quantitative estimate of drug-likeness (QED) is 0.328. The van der Waals surface area contributed by atoms with Crippen molar-refractivity contribution in [1.29, 1.82) is 0 Å². The molecule has 12 heteroatoms. The van der Waals surface area contributed by atoms with Crippen molar-refractivity contribution in [2.45, 2.75) is 11.3 Å². The van der Waals surface area contributed by atoms with Gasteiger partial charge in [0.25, 0.3) is 21.6 Å². The third-order valence-corrected chi connectivity index (χ3v) is 6.53. The second-order valence-corrected chi connectivity index (χ2v) is 9.22. The van der Waals surface area contributed by atoms with Gasteiger partial charge in [0, 0.05) is 48.7 Å². The molecule has 0 aliphatic carbocycles. The van der Waals surface area contributed by atoms with E-state index in [-0.39, 0.29) is 21.8 Å². The van der Waals surface area contributed by atoms with Crippen LogP contribution in [-0.2, 0) is 10.0 Å². The van der Waals surface area contributed by atoms with Crippen LogP contribution >= 0.6 is 0 Å². The Morgan fingerprint density at radius 2 is 1.63 bits per heavy atom. The molecule has 4 rings (SSSR count). The monoisotopic (exact) mass is 498 g/mol. The highest BCUT2D eigenvalue weighted by Gasteiger charge is 2.20. The lowest BCUT2D eigenvalue weighted by Gasteiger charge is -2.12. The fourth-order valence-corrected chi connectivity index (χ4v) is 4.47. The Hall–Kier alpha value is -4.32. The zero-order valence-electron chi connectivity index (χ0n) is 18.6. The summed E-state index contributed by atoms with van der Waals surface area (Å²) in [5.41, 5.74) is 0.964. The zero-order chi connectivity index (χ0) is 25.0. The molecule has 0 aromatic heterocycles. The standard InChI is InChI=1S/C23H22N4O7S/c1-24-20-9-7-17(27(29)30)13-19(20)23(28)25-15-3-5-16(6-4-15)26-35(31,32)18-8-10-21-22(14-18)34-12-2-11-33-21/h3-10,13-14,24,26H,2,11-12H2,1H3,(H,25,28). The number of anilines is 3. The van der Waals surface area contributed by atoms with Gasteiger partial charge in [0.2, 0.25) is 0 Å². The minimum Gasteiger partial charge on any atom is -0.490 e. The Morgan fingerprint density at radius 1 is 0.943 bits per heavy atom. The van der Waals surface area contributed by atoms with E-state index in [9.17, 15) is 23.3 Å². The maximum atomic E-state index is 12.8. The highest BCUT2D eigenvalue weighted by Crippen LogP contribution is 2.32. The van der Waals surface area contributed by atoms with Crippen LogP contribution in [-0.4, -0.2) is 39.5 Å². The van der Waals surface area contributed by atoms with E-state index in [2.05, 4.69) is 15.4 Å². The van der Waals surface area contributed by atoms with Crippen LogP contribution in [0.25, 0.3) is 0 Å². The Kier molecular flexibility index (Phi) is 6.73. The van der Waals surface area contributed by atoms with Crippen LogP contribution in [0.2, 0.25) is 0 Å². The first-order valence-corrected chi connectivity index (χ1v) is 12.1. The zero-order valence-corrected chi connectivity index (χ0v) is 19.4. The highest BCUT2D eigenvalue weighted by molar-refractivity contribution is 7.92. The van der Waals surface area contributed by atoms with E-state index in [0.717, 1.165) is 0 Å². The van der Waals surface area contributed by atoms with Gasteiger partial charge >= 0.3 is 0 Å². The normalized spacial score (nSPS) is 12.8. The molecular formula is C23H22N4O7S. The van der Waals surface area contributed by atoms with Crippen LogP contribution in [0.3, 0.4) is 0 Å². The number of amides is 1. The van der Waals surface area contributed by atoms with Gasteiger partial charge < -0.3 is 20.1 Å². The maximum Gasteiger partial charge on any atom is 0.270 e. The number of nitro groups is 1. The van der Waals surface area contributed by atoms with E-state index >= 15 is 0 Å². The molecule has 0 unspecified atom stereocenters. The van der Waals surface area contributed by atoms with Gasteiger partial charge in [0.15, 0.2) is 11.5 Å². The van der Waals surface area contributed by atoms with Gasteiger partial charge in [-0.05, 0) is 42.5 Å². The Labute approximate surface area is 201 Å². The number of hydrogen-bond donors (Lipinski definition) is 3. The number of carbonyl (C=O) groups excluding carboxylic acids is 1. The SMILES string of the molecule is CNc1ccc([N+](=O)[O-])cc1C(=O)Nc1ccc(NS(=O)(=O)c2ccc3c(c2)OCCCO3)cc1. The molecule has 11 nitrogen and oxygen atoms in total. The molecule has 0 atom stereocenters. The smallest absolute Gasteiger partial charge is 0.270 e. The molecule has 182 valence electrons. The van der Waals surface area contributed by atoms with Gasteiger partial charge in [-0.1, -0.05) is 0 Å². The first kappa shape index (κ1) is 23.8. The number of sulfonamides is 1. The molecule has 3 N–H and O–H groups in total. The lowest BCUT2D eigenvalue weighted by molar-refractivity contribution is -0.384. The van der Waals surface area contributed by atoms with Crippen LogP contribution in [0.4, 0.5) is 22.7 Å². The number of benzene rings is 3. The molecule has 0 bridgehead atoms. The Bertz CT molecular complexity index is 1380. The lowest BCUT2D eigenvalue weighted by Crippen LogP contribution is -2.15.